The fourth-order valence-corrected chi connectivity index (χ4v) is 3.42. The standard InChI is InChI=1S/C21H25ClN2O3/c1-26-20-8-3-16(15-21(20)27-2)19(25)9-10-23-11-13-24(14-12-23)18-6-4-17(22)5-7-18/h3-8,15H,9-14H2,1-2H3. The zero-order valence-electron chi connectivity index (χ0n) is 15.8. The highest BCUT2D eigenvalue weighted by molar-refractivity contribution is 6.30. The van der Waals surface area contributed by atoms with E-state index in [9.17, 15) is 4.79 Å². The third-order valence-corrected chi connectivity index (χ3v) is 5.18. The molecule has 0 unspecified atom stereocenters. The first kappa shape index (κ1) is 19.5. The van der Waals surface area contributed by atoms with Gasteiger partial charge >= 0.3 is 0 Å². The van der Waals surface area contributed by atoms with E-state index in [2.05, 4.69) is 21.9 Å². The first-order valence-corrected chi connectivity index (χ1v) is 9.46. The van der Waals surface area contributed by atoms with Crippen LogP contribution in [-0.2, 0) is 0 Å². The van der Waals surface area contributed by atoms with Crippen LogP contribution in [-0.4, -0.2) is 57.6 Å². The molecule has 3 rings (SSSR count). The molecule has 5 nitrogen and oxygen atoms in total. The predicted octanol–water partition coefficient (Wildman–Crippen LogP) is 3.75. The van der Waals surface area contributed by atoms with Crippen LogP contribution in [0.15, 0.2) is 42.5 Å². The molecule has 1 aliphatic heterocycles. The summed E-state index contributed by atoms with van der Waals surface area (Å²) in [4.78, 5) is 17.2. The monoisotopic (exact) mass is 388 g/mol. The van der Waals surface area contributed by atoms with Gasteiger partial charge in [-0.15, -0.1) is 0 Å². The number of anilines is 1. The van der Waals surface area contributed by atoms with Gasteiger partial charge in [-0.2, -0.15) is 0 Å². The van der Waals surface area contributed by atoms with E-state index in [1.807, 2.05) is 12.1 Å². The maximum absolute atomic E-state index is 12.5. The lowest BCUT2D eigenvalue weighted by atomic mass is 10.1. The van der Waals surface area contributed by atoms with Gasteiger partial charge in [0.05, 0.1) is 14.2 Å². The number of methoxy groups -OCH3 is 2. The number of nitrogens with zero attached hydrogens (tertiary/aromatic N) is 2. The minimum absolute atomic E-state index is 0.121. The Bertz CT molecular complexity index is 771. The summed E-state index contributed by atoms with van der Waals surface area (Å²) in [7, 11) is 3.16. The highest BCUT2D eigenvalue weighted by atomic mass is 35.5. The van der Waals surface area contributed by atoms with Crippen LogP contribution in [0.1, 0.15) is 16.8 Å². The summed E-state index contributed by atoms with van der Waals surface area (Å²) in [5.41, 5.74) is 1.85. The maximum atomic E-state index is 12.5. The molecule has 27 heavy (non-hydrogen) atoms. The SMILES string of the molecule is COc1ccc(C(=O)CCN2CCN(c3ccc(Cl)cc3)CC2)cc1OC. The van der Waals surface area contributed by atoms with Crippen molar-refractivity contribution in [2.75, 3.05) is 51.8 Å². The zero-order chi connectivity index (χ0) is 19.2. The summed E-state index contributed by atoms with van der Waals surface area (Å²) in [6.45, 7) is 4.56. The van der Waals surface area contributed by atoms with Gasteiger partial charge in [-0.05, 0) is 42.5 Å². The molecule has 1 aliphatic rings. The van der Waals surface area contributed by atoms with E-state index in [-0.39, 0.29) is 5.78 Å². The van der Waals surface area contributed by atoms with Gasteiger partial charge in [0.2, 0.25) is 0 Å². The summed E-state index contributed by atoms with van der Waals surface area (Å²) in [5.74, 6) is 1.34. The van der Waals surface area contributed by atoms with Gasteiger partial charge in [0.15, 0.2) is 17.3 Å². The number of piperazine rings is 1. The summed E-state index contributed by atoms with van der Waals surface area (Å²) in [6.07, 6.45) is 0.496. The average molecular weight is 389 g/mol. The molecule has 0 saturated carbocycles. The van der Waals surface area contributed by atoms with Crippen molar-refractivity contribution in [1.29, 1.82) is 0 Å². The van der Waals surface area contributed by atoms with Crippen LogP contribution in [0, 0.1) is 0 Å². The first-order valence-electron chi connectivity index (χ1n) is 9.09. The van der Waals surface area contributed by atoms with E-state index in [1.165, 1.54) is 5.69 Å². The van der Waals surface area contributed by atoms with Crippen LogP contribution in [0.3, 0.4) is 0 Å². The van der Waals surface area contributed by atoms with Crippen molar-refractivity contribution < 1.29 is 14.3 Å². The maximum Gasteiger partial charge on any atom is 0.164 e. The Morgan fingerprint density at radius 1 is 0.963 bits per heavy atom. The Labute approximate surface area is 165 Å². The molecule has 2 aromatic rings. The highest BCUT2D eigenvalue weighted by Gasteiger charge is 2.18. The fourth-order valence-electron chi connectivity index (χ4n) is 3.30. The summed E-state index contributed by atoms with van der Waals surface area (Å²) in [6, 6.07) is 13.3. The van der Waals surface area contributed by atoms with Crippen molar-refractivity contribution in [3.8, 4) is 11.5 Å². The lowest BCUT2D eigenvalue weighted by molar-refractivity contribution is 0.0962. The van der Waals surface area contributed by atoms with Crippen molar-refractivity contribution in [2.24, 2.45) is 0 Å². The van der Waals surface area contributed by atoms with E-state index in [1.54, 1.807) is 32.4 Å². The second-order valence-electron chi connectivity index (χ2n) is 6.55. The molecule has 0 aromatic heterocycles. The van der Waals surface area contributed by atoms with Crippen molar-refractivity contribution >= 4 is 23.1 Å². The summed E-state index contributed by atoms with van der Waals surface area (Å²) in [5, 5.41) is 0.756. The number of benzene rings is 2. The molecular weight excluding hydrogens is 364 g/mol. The minimum atomic E-state index is 0.121. The molecule has 0 radical (unpaired) electrons. The highest BCUT2D eigenvalue weighted by Crippen LogP contribution is 2.28. The number of ketones is 1. The first-order chi connectivity index (χ1) is 13.1. The molecule has 0 amide bonds. The van der Waals surface area contributed by atoms with Gasteiger partial charge in [-0.3, -0.25) is 9.69 Å². The van der Waals surface area contributed by atoms with Crippen molar-refractivity contribution in [3.63, 3.8) is 0 Å². The van der Waals surface area contributed by atoms with E-state index in [0.29, 0.717) is 23.5 Å². The minimum Gasteiger partial charge on any atom is -0.493 e. The van der Waals surface area contributed by atoms with E-state index < -0.39 is 0 Å². The lowest BCUT2D eigenvalue weighted by Gasteiger charge is -2.36. The van der Waals surface area contributed by atoms with Crippen LogP contribution in [0.2, 0.25) is 5.02 Å². The van der Waals surface area contributed by atoms with Gasteiger partial charge < -0.3 is 14.4 Å². The number of hydrogen-bond acceptors (Lipinski definition) is 5. The number of carbonyl (C=O) groups excluding carboxylic acids is 1. The number of halogens is 1. The molecule has 0 N–H and O–H groups in total. The Balaban J connectivity index is 1.49. The zero-order valence-corrected chi connectivity index (χ0v) is 16.5. The van der Waals surface area contributed by atoms with Gasteiger partial charge in [-0.25, -0.2) is 0 Å². The van der Waals surface area contributed by atoms with Gasteiger partial charge in [-0.1, -0.05) is 11.6 Å². The Morgan fingerprint density at radius 3 is 2.26 bits per heavy atom. The van der Waals surface area contributed by atoms with Crippen LogP contribution in [0.4, 0.5) is 5.69 Å². The Hall–Kier alpha value is -2.24. The van der Waals surface area contributed by atoms with Crippen LogP contribution >= 0.6 is 11.6 Å². The smallest absolute Gasteiger partial charge is 0.164 e. The van der Waals surface area contributed by atoms with Gasteiger partial charge in [0.25, 0.3) is 0 Å². The Morgan fingerprint density at radius 2 is 1.63 bits per heavy atom. The average Bonchev–Trinajstić information content (AvgIpc) is 2.72. The molecule has 1 heterocycles. The molecule has 144 valence electrons. The number of hydrogen-bond donors (Lipinski definition) is 0. The molecule has 0 aliphatic carbocycles. The number of carbonyl (C=O) groups is 1. The molecular formula is C21H25ClN2O3. The van der Waals surface area contributed by atoms with E-state index in [4.69, 9.17) is 21.1 Å². The fraction of sp³-hybridized carbons (Fsp3) is 0.381. The third-order valence-electron chi connectivity index (χ3n) is 4.92. The van der Waals surface area contributed by atoms with Gasteiger partial charge in [0.1, 0.15) is 0 Å². The molecule has 1 fully saturated rings. The quantitative estimate of drug-likeness (QED) is 0.676. The third kappa shape index (κ3) is 4.93. The van der Waals surface area contributed by atoms with Crippen molar-refractivity contribution in [1.82, 2.24) is 4.90 Å². The number of ether oxygens (including phenoxy) is 2. The molecule has 2 aromatic carbocycles. The molecule has 0 bridgehead atoms. The predicted molar refractivity (Wildman–Crippen MR) is 109 cm³/mol. The molecule has 6 heteroatoms. The lowest BCUT2D eigenvalue weighted by Crippen LogP contribution is -2.46. The second kappa shape index (κ2) is 9.11. The van der Waals surface area contributed by atoms with Crippen LogP contribution < -0.4 is 14.4 Å². The largest absolute Gasteiger partial charge is 0.493 e. The van der Waals surface area contributed by atoms with Crippen molar-refractivity contribution in [3.05, 3.63) is 53.1 Å². The summed E-state index contributed by atoms with van der Waals surface area (Å²) < 4.78 is 10.5. The van der Waals surface area contributed by atoms with Crippen LogP contribution in [0.25, 0.3) is 0 Å². The van der Waals surface area contributed by atoms with E-state index in [0.717, 1.165) is 37.7 Å². The molecule has 1 saturated heterocycles. The van der Waals surface area contributed by atoms with Crippen LogP contribution in [0.5, 0.6) is 11.5 Å². The van der Waals surface area contributed by atoms with Crippen molar-refractivity contribution in [2.45, 2.75) is 6.42 Å². The second-order valence-corrected chi connectivity index (χ2v) is 6.98. The number of Topliss-reactive ketones (excluding diaryl/α,β-unsaturated/α-hetero) is 1. The summed E-state index contributed by atoms with van der Waals surface area (Å²) >= 11 is 5.96. The number of rotatable bonds is 7. The molecule has 0 atom stereocenters. The molecule has 0 spiro atoms. The topological polar surface area (TPSA) is 42.0 Å². The van der Waals surface area contributed by atoms with Gasteiger partial charge in [0, 0.05) is 55.4 Å². The Kier molecular flexibility index (Phi) is 6.58. The van der Waals surface area contributed by atoms with E-state index >= 15 is 0 Å². The normalized spacial score (nSPS) is 14.9.